The first-order valence-corrected chi connectivity index (χ1v) is 5.69. The summed E-state index contributed by atoms with van der Waals surface area (Å²) in [6, 6.07) is 2.04. The summed E-state index contributed by atoms with van der Waals surface area (Å²) < 4.78 is 10.5. The maximum Gasteiger partial charge on any atom is 0.232 e. The van der Waals surface area contributed by atoms with Crippen LogP contribution >= 0.6 is 11.6 Å². The summed E-state index contributed by atoms with van der Waals surface area (Å²) in [4.78, 5) is 4.15. The molecule has 88 valence electrons. The lowest BCUT2D eigenvalue weighted by molar-refractivity contribution is 0.131. The number of ether oxygens (including phenoxy) is 2. The molecule has 0 aliphatic carbocycles. The molecule has 0 spiro atoms. The van der Waals surface area contributed by atoms with E-state index in [1.807, 2.05) is 6.07 Å². The average Bonchev–Trinajstić information content (AvgIpc) is 2.57. The zero-order valence-electron chi connectivity index (χ0n) is 9.20. The SMILES string of the molecule is COc1ncc(C2COCCCN2)cc1Cl. The Bertz CT molecular complexity index is 352. The number of hydrogen-bond donors (Lipinski definition) is 1. The van der Waals surface area contributed by atoms with E-state index in [1.54, 1.807) is 13.3 Å². The van der Waals surface area contributed by atoms with Crippen molar-refractivity contribution >= 4 is 11.6 Å². The second-order valence-electron chi connectivity index (χ2n) is 3.69. The highest BCUT2D eigenvalue weighted by Crippen LogP contribution is 2.25. The fraction of sp³-hybridized carbons (Fsp3) is 0.545. The third-order valence-electron chi connectivity index (χ3n) is 2.56. The van der Waals surface area contributed by atoms with Crippen molar-refractivity contribution in [1.29, 1.82) is 0 Å². The van der Waals surface area contributed by atoms with Gasteiger partial charge in [0.15, 0.2) is 0 Å². The Morgan fingerprint density at radius 1 is 1.62 bits per heavy atom. The monoisotopic (exact) mass is 242 g/mol. The van der Waals surface area contributed by atoms with Gasteiger partial charge >= 0.3 is 0 Å². The maximum absolute atomic E-state index is 6.03. The largest absolute Gasteiger partial charge is 0.480 e. The van der Waals surface area contributed by atoms with Gasteiger partial charge in [0.1, 0.15) is 5.02 Å². The lowest BCUT2D eigenvalue weighted by Gasteiger charge is -2.15. The fourth-order valence-electron chi connectivity index (χ4n) is 1.71. The van der Waals surface area contributed by atoms with E-state index in [1.165, 1.54) is 0 Å². The van der Waals surface area contributed by atoms with Crippen LogP contribution in [0.5, 0.6) is 5.88 Å². The van der Waals surface area contributed by atoms with Gasteiger partial charge in [-0.3, -0.25) is 0 Å². The van der Waals surface area contributed by atoms with Crippen LogP contribution in [-0.2, 0) is 4.74 Å². The maximum atomic E-state index is 6.03. The minimum absolute atomic E-state index is 0.165. The van der Waals surface area contributed by atoms with E-state index in [0.717, 1.165) is 25.1 Å². The van der Waals surface area contributed by atoms with Crippen LogP contribution in [0.3, 0.4) is 0 Å². The minimum Gasteiger partial charge on any atom is -0.480 e. The lowest BCUT2D eigenvalue weighted by atomic mass is 10.1. The third kappa shape index (κ3) is 2.64. The van der Waals surface area contributed by atoms with E-state index in [2.05, 4.69) is 10.3 Å². The molecule has 1 saturated heterocycles. The number of rotatable bonds is 2. The Kier molecular flexibility index (Phi) is 3.98. The van der Waals surface area contributed by atoms with Gasteiger partial charge in [-0.1, -0.05) is 11.6 Å². The first-order chi connectivity index (χ1) is 7.81. The van der Waals surface area contributed by atoms with Gasteiger partial charge in [-0.15, -0.1) is 0 Å². The van der Waals surface area contributed by atoms with Gasteiger partial charge in [0.2, 0.25) is 5.88 Å². The van der Waals surface area contributed by atoms with Crippen LogP contribution in [0.4, 0.5) is 0 Å². The Morgan fingerprint density at radius 2 is 2.50 bits per heavy atom. The summed E-state index contributed by atoms with van der Waals surface area (Å²) in [6.07, 6.45) is 2.81. The van der Waals surface area contributed by atoms with Crippen molar-refractivity contribution < 1.29 is 9.47 Å². The van der Waals surface area contributed by atoms with Crippen molar-refractivity contribution in [3.8, 4) is 5.88 Å². The smallest absolute Gasteiger partial charge is 0.232 e. The van der Waals surface area contributed by atoms with Crippen LogP contribution in [0.25, 0.3) is 0 Å². The molecule has 2 rings (SSSR count). The molecule has 2 heterocycles. The molecule has 1 atom stereocenters. The second kappa shape index (κ2) is 5.48. The van der Waals surface area contributed by atoms with Crippen molar-refractivity contribution in [2.75, 3.05) is 26.9 Å². The molecule has 1 aliphatic rings. The molecule has 1 aliphatic heterocycles. The summed E-state index contributed by atoms with van der Waals surface area (Å²) in [5, 5.41) is 3.93. The number of pyridine rings is 1. The molecule has 1 aromatic heterocycles. The van der Waals surface area contributed by atoms with E-state index in [0.29, 0.717) is 17.5 Å². The van der Waals surface area contributed by atoms with Crippen molar-refractivity contribution in [1.82, 2.24) is 10.3 Å². The highest BCUT2D eigenvalue weighted by Gasteiger charge is 2.16. The molecule has 1 unspecified atom stereocenters. The minimum atomic E-state index is 0.165. The highest BCUT2D eigenvalue weighted by molar-refractivity contribution is 6.31. The summed E-state index contributed by atoms with van der Waals surface area (Å²) >= 11 is 6.03. The molecule has 1 fully saturated rings. The number of hydrogen-bond acceptors (Lipinski definition) is 4. The van der Waals surface area contributed by atoms with Crippen LogP contribution in [0.1, 0.15) is 18.0 Å². The van der Waals surface area contributed by atoms with Crippen LogP contribution in [0.2, 0.25) is 5.02 Å². The zero-order valence-corrected chi connectivity index (χ0v) is 9.96. The predicted octanol–water partition coefficient (Wildman–Crippen LogP) is 1.79. The topological polar surface area (TPSA) is 43.4 Å². The van der Waals surface area contributed by atoms with Crippen LogP contribution in [-0.4, -0.2) is 31.9 Å². The van der Waals surface area contributed by atoms with E-state index in [9.17, 15) is 0 Å². The van der Waals surface area contributed by atoms with E-state index >= 15 is 0 Å². The first-order valence-electron chi connectivity index (χ1n) is 5.32. The van der Waals surface area contributed by atoms with Crippen molar-refractivity contribution in [2.24, 2.45) is 0 Å². The Morgan fingerprint density at radius 3 is 3.25 bits per heavy atom. The van der Waals surface area contributed by atoms with Gasteiger partial charge in [-0.2, -0.15) is 0 Å². The summed E-state index contributed by atoms with van der Waals surface area (Å²) in [6.45, 7) is 2.42. The number of aromatic nitrogens is 1. The fourth-order valence-corrected chi connectivity index (χ4v) is 1.96. The molecular weight excluding hydrogens is 228 g/mol. The first kappa shape index (κ1) is 11.6. The van der Waals surface area contributed by atoms with Crippen molar-refractivity contribution in [3.05, 3.63) is 22.8 Å². The van der Waals surface area contributed by atoms with Gasteiger partial charge in [-0.05, 0) is 24.6 Å². The molecule has 5 heteroatoms. The predicted molar refractivity (Wildman–Crippen MR) is 62.0 cm³/mol. The molecule has 4 nitrogen and oxygen atoms in total. The molecule has 0 saturated carbocycles. The lowest BCUT2D eigenvalue weighted by Crippen LogP contribution is -2.23. The highest BCUT2D eigenvalue weighted by atomic mass is 35.5. The Balaban J connectivity index is 2.16. The normalized spacial score (nSPS) is 21.5. The van der Waals surface area contributed by atoms with Crippen LogP contribution < -0.4 is 10.1 Å². The van der Waals surface area contributed by atoms with Gasteiger partial charge in [0, 0.05) is 12.8 Å². The molecule has 0 radical (unpaired) electrons. The van der Waals surface area contributed by atoms with Gasteiger partial charge in [-0.25, -0.2) is 4.98 Å². The Labute approximate surface area is 99.9 Å². The molecule has 0 bridgehead atoms. The quantitative estimate of drug-likeness (QED) is 0.859. The van der Waals surface area contributed by atoms with E-state index in [-0.39, 0.29) is 6.04 Å². The molecule has 0 amide bonds. The molecule has 1 aromatic rings. The standard InChI is InChI=1S/C11H15ClN2O2/c1-15-11-9(12)5-8(6-14-11)10-7-16-4-2-3-13-10/h5-6,10,13H,2-4,7H2,1H3. The summed E-state index contributed by atoms with van der Waals surface area (Å²) in [7, 11) is 1.56. The van der Waals surface area contributed by atoms with Crippen molar-refractivity contribution in [3.63, 3.8) is 0 Å². The van der Waals surface area contributed by atoms with Gasteiger partial charge in [0.25, 0.3) is 0 Å². The second-order valence-corrected chi connectivity index (χ2v) is 4.10. The summed E-state index contributed by atoms with van der Waals surface area (Å²) in [5.41, 5.74) is 1.03. The average molecular weight is 243 g/mol. The van der Waals surface area contributed by atoms with Gasteiger partial charge in [0.05, 0.1) is 19.8 Å². The van der Waals surface area contributed by atoms with Gasteiger partial charge < -0.3 is 14.8 Å². The Hall–Kier alpha value is -0.840. The molecule has 16 heavy (non-hydrogen) atoms. The number of nitrogens with zero attached hydrogens (tertiary/aromatic N) is 1. The number of nitrogens with one attached hydrogen (secondary N) is 1. The molecule has 1 N–H and O–H groups in total. The van der Waals surface area contributed by atoms with Crippen molar-refractivity contribution in [2.45, 2.75) is 12.5 Å². The molecular formula is C11H15ClN2O2. The summed E-state index contributed by atoms with van der Waals surface area (Å²) in [5.74, 6) is 0.458. The zero-order chi connectivity index (χ0) is 11.4. The van der Waals surface area contributed by atoms with Crippen LogP contribution in [0, 0.1) is 0 Å². The molecule has 0 aromatic carbocycles. The number of methoxy groups -OCH3 is 1. The van der Waals surface area contributed by atoms with E-state index < -0.39 is 0 Å². The third-order valence-corrected chi connectivity index (χ3v) is 2.84. The van der Waals surface area contributed by atoms with E-state index in [4.69, 9.17) is 21.1 Å². The van der Waals surface area contributed by atoms with Crippen LogP contribution in [0.15, 0.2) is 12.3 Å². The number of halogens is 1.